The van der Waals surface area contributed by atoms with Crippen LogP contribution in [0.3, 0.4) is 0 Å². The summed E-state index contributed by atoms with van der Waals surface area (Å²) in [6.07, 6.45) is 2.59. The summed E-state index contributed by atoms with van der Waals surface area (Å²) in [6, 6.07) is 9.75. The van der Waals surface area contributed by atoms with Crippen molar-refractivity contribution in [2.45, 2.75) is 37.8 Å². The Bertz CT molecular complexity index is 566. The molecule has 0 saturated heterocycles. The zero-order valence-corrected chi connectivity index (χ0v) is 12.3. The highest BCUT2D eigenvalue weighted by atomic mass is 16.5. The van der Waals surface area contributed by atoms with Crippen LogP contribution in [0.4, 0.5) is 0 Å². The first kappa shape index (κ1) is 14.2. The Morgan fingerprint density at radius 1 is 1.33 bits per heavy atom. The molecule has 0 radical (unpaired) electrons. The van der Waals surface area contributed by atoms with Crippen LogP contribution in [-0.2, 0) is 6.54 Å². The summed E-state index contributed by atoms with van der Waals surface area (Å²) < 4.78 is 5.25. The van der Waals surface area contributed by atoms with Crippen molar-refractivity contribution in [1.82, 2.24) is 15.0 Å². The summed E-state index contributed by atoms with van der Waals surface area (Å²) in [5.74, 6) is 2.01. The van der Waals surface area contributed by atoms with Crippen LogP contribution in [-0.4, -0.2) is 33.7 Å². The Morgan fingerprint density at radius 3 is 2.81 bits per heavy atom. The molecule has 0 amide bonds. The topological polar surface area (TPSA) is 62.4 Å². The van der Waals surface area contributed by atoms with Gasteiger partial charge in [-0.2, -0.15) is 4.98 Å². The van der Waals surface area contributed by atoms with E-state index < -0.39 is 6.10 Å². The molecule has 1 saturated carbocycles. The minimum absolute atomic E-state index is 0.430. The van der Waals surface area contributed by atoms with Crippen molar-refractivity contribution in [3.63, 3.8) is 0 Å². The summed E-state index contributed by atoms with van der Waals surface area (Å²) in [6.45, 7) is 1.43. The highest BCUT2D eigenvalue weighted by Crippen LogP contribution is 2.38. The van der Waals surface area contributed by atoms with Crippen molar-refractivity contribution in [3.05, 3.63) is 47.6 Å². The fourth-order valence-electron chi connectivity index (χ4n) is 2.33. The number of nitrogens with zero attached hydrogens (tertiary/aromatic N) is 3. The van der Waals surface area contributed by atoms with Gasteiger partial charge in [0.1, 0.15) is 0 Å². The molecule has 0 spiro atoms. The molecule has 2 aromatic rings. The van der Waals surface area contributed by atoms with Gasteiger partial charge in [0.25, 0.3) is 0 Å². The Kier molecular flexibility index (Phi) is 4.31. The van der Waals surface area contributed by atoms with E-state index >= 15 is 0 Å². The zero-order chi connectivity index (χ0) is 14.7. The second kappa shape index (κ2) is 6.37. The number of rotatable bonds is 7. The largest absolute Gasteiger partial charge is 0.388 e. The van der Waals surface area contributed by atoms with Crippen LogP contribution in [0.1, 0.15) is 48.6 Å². The third-order valence-corrected chi connectivity index (χ3v) is 3.79. The lowest BCUT2D eigenvalue weighted by atomic mass is 10.1. The van der Waals surface area contributed by atoms with Gasteiger partial charge in [-0.05, 0) is 31.9 Å². The molecule has 1 aromatic heterocycles. The number of hydrogen-bond acceptors (Lipinski definition) is 5. The molecule has 21 heavy (non-hydrogen) atoms. The van der Waals surface area contributed by atoms with E-state index in [1.807, 2.05) is 37.4 Å². The van der Waals surface area contributed by atoms with E-state index in [9.17, 15) is 5.11 Å². The molecule has 5 heteroatoms. The Labute approximate surface area is 124 Å². The normalized spacial score (nSPS) is 16.3. The van der Waals surface area contributed by atoms with E-state index in [1.165, 1.54) is 12.8 Å². The van der Waals surface area contributed by atoms with Crippen LogP contribution < -0.4 is 0 Å². The van der Waals surface area contributed by atoms with Crippen molar-refractivity contribution in [2.75, 3.05) is 13.6 Å². The Balaban J connectivity index is 1.46. The van der Waals surface area contributed by atoms with E-state index in [-0.39, 0.29) is 0 Å². The molecule has 0 aliphatic heterocycles. The molecule has 1 fully saturated rings. The fourth-order valence-corrected chi connectivity index (χ4v) is 2.33. The maximum absolute atomic E-state index is 10.1. The van der Waals surface area contributed by atoms with Crippen LogP contribution in [0.2, 0.25) is 0 Å². The van der Waals surface area contributed by atoms with Gasteiger partial charge in [-0.1, -0.05) is 35.5 Å². The highest BCUT2D eigenvalue weighted by molar-refractivity contribution is 5.17. The van der Waals surface area contributed by atoms with Gasteiger partial charge in [-0.15, -0.1) is 0 Å². The monoisotopic (exact) mass is 287 g/mol. The molecule has 112 valence electrons. The molecule has 1 aliphatic carbocycles. The number of aliphatic hydroxyl groups is 1. The van der Waals surface area contributed by atoms with Crippen LogP contribution in [0.25, 0.3) is 0 Å². The standard InChI is InChI=1S/C16H21N3O2/c1-19(10-9-14(20)12-5-3-2-4-6-12)11-15-17-16(21-18-15)13-7-8-13/h2-6,13-14,20H,7-11H2,1H3/t14-/m0/s1. The Hall–Kier alpha value is -1.72. The van der Waals surface area contributed by atoms with Crippen molar-refractivity contribution in [3.8, 4) is 0 Å². The molecular formula is C16H21N3O2. The molecule has 1 aliphatic rings. The summed E-state index contributed by atoms with van der Waals surface area (Å²) in [4.78, 5) is 6.52. The minimum Gasteiger partial charge on any atom is -0.388 e. The van der Waals surface area contributed by atoms with Crippen LogP contribution in [0, 0.1) is 0 Å². The van der Waals surface area contributed by atoms with E-state index in [0.29, 0.717) is 18.9 Å². The predicted molar refractivity (Wildman–Crippen MR) is 78.6 cm³/mol. The van der Waals surface area contributed by atoms with Gasteiger partial charge in [-0.25, -0.2) is 0 Å². The molecule has 5 nitrogen and oxygen atoms in total. The first-order valence-electron chi connectivity index (χ1n) is 7.46. The summed E-state index contributed by atoms with van der Waals surface area (Å²) >= 11 is 0. The lowest BCUT2D eigenvalue weighted by molar-refractivity contribution is 0.146. The molecule has 0 bridgehead atoms. The molecule has 0 unspecified atom stereocenters. The van der Waals surface area contributed by atoms with E-state index in [1.54, 1.807) is 0 Å². The minimum atomic E-state index is -0.430. The second-order valence-corrected chi connectivity index (χ2v) is 5.78. The molecule has 1 aromatic carbocycles. The van der Waals surface area contributed by atoms with Crippen molar-refractivity contribution < 1.29 is 9.63 Å². The molecular weight excluding hydrogens is 266 g/mol. The summed E-state index contributed by atoms with van der Waals surface area (Å²) in [5, 5.41) is 14.2. The van der Waals surface area contributed by atoms with E-state index in [0.717, 1.165) is 23.8 Å². The highest BCUT2D eigenvalue weighted by Gasteiger charge is 2.29. The number of hydrogen-bond donors (Lipinski definition) is 1. The van der Waals surface area contributed by atoms with Gasteiger partial charge < -0.3 is 9.63 Å². The third kappa shape index (κ3) is 3.89. The van der Waals surface area contributed by atoms with Crippen LogP contribution in [0.15, 0.2) is 34.9 Å². The molecule has 1 N–H and O–H groups in total. The maximum atomic E-state index is 10.1. The predicted octanol–water partition coefficient (Wildman–Crippen LogP) is 2.50. The molecule has 1 heterocycles. The van der Waals surface area contributed by atoms with Crippen molar-refractivity contribution in [2.24, 2.45) is 0 Å². The van der Waals surface area contributed by atoms with Crippen molar-refractivity contribution in [1.29, 1.82) is 0 Å². The SMILES string of the molecule is CN(CC[C@H](O)c1ccccc1)Cc1noc(C2CC2)n1. The van der Waals surface area contributed by atoms with Gasteiger partial charge in [0.05, 0.1) is 12.6 Å². The quantitative estimate of drug-likeness (QED) is 0.847. The van der Waals surface area contributed by atoms with Gasteiger partial charge in [0, 0.05) is 12.5 Å². The fraction of sp³-hybridized carbons (Fsp3) is 0.500. The van der Waals surface area contributed by atoms with Crippen LogP contribution in [0.5, 0.6) is 0 Å². The van der Waals surface area contributed by atoms with E-state index in [2.05, 4.69) is 15.0 Å². The molecule has 1 atom stereocenters. The van der Waals surface area contributed by atoms with Gasteiger partial charge >= 0.3 is 0 Å². The first-order chi connectivity index (χ1) is 10.2. The van der Waals surface area contributed by atoms with Gasteiger partial charge in [0.15, 0.2) is 5.82 Å². The average molecular weight is 287 g/mol. The maximum Gasteiger partial charge on any atom is 0.229 e. The van der Waals surface area contributed by atoms with Crippen LogP contribution >= 0.6 is 0 Å². The lowest BCUT2D eigenvalue weighted by Crippen LogP contribution is -2.21. The number of benzene rings is 1. The van der Waals surface area contributed by atoms with Gasteiger partial charge in [0.2, 0.25) is 5.89 Å². The third-order valence-electron chi connectivity index (χ3n) is 3.79. The molecule has 3 rings (SSSR count). The zero-order valence-electron chi connectivity index (χ0n) is 12.3. The average Bonchev–Trinajstić information content (AvgIpc) is 3.26. The second-order valence-electron chi connectivity index (χ2n) is 5.78. The smallest absolute Gasteiger partial charge is 0.229 e. The van der Waals surface area contributed by atoms with Gasteiger partial charge in [-0.3, -0.25) is 4.90 Å². The Morgan fingerprint density at radius 2 is 2.10 bits per heavy atom. The number of aliphatic hydroxyl groups excluding tert-OH is 1. The summed E-state index contributed by atoms with van der Waals surface area (Å²) in [5.41, 5.74) is 0.960. The number of aromatic nitrogens is 2. The summed E-state index contributed by atoms with van der Waals surface area (Å²) in [7, 11) is 2.00. The van der Waals surface area contributed by atoms with E-state index in [4.69, 9.17) is 4.52 Å². The van der Waals surface area contributed by atoms with Crippen molar-refractivity contribution >= 4 is 0 Å². The first-order valence-corrected chi connectivity index (χ1v) is 7.46. The lowest BCUT2D eigenvalue weighted by Gasteiger charge is -2.17.